The van der Waals surface area contributed by atoms with Gasteiger partial charge in [-0.15, -0.1) is 0 Å². The molecule has 2 atom stereocenters. The van der Waals surface area contributed by atoms with E-state index in [-0.39, 0.29) is 24.5 Å². The molecule has 1 aliphatic heterocycles. The minimum atomic E-state index is -1.08. The van der Waals surface area contributed by atoms with Gasteiger partial charge >= 0.3 is 0 Å². The topological polar surface area (TPSA) is 104 Å². The van der Waals surface area contributed by atoms with Gasteiger partial charge in [0, 0.05) is 25.7 Å². The maximum absolute atomic E-state index is 12.6. The van der Waals surface area contributed by atoms with Crippen LogP contribution in [0.15, 0.2) is 48.5 Å². The Kier molecular flexibility index (Phi) is 6.40. The standard InChI is InChI=1S/C23H26N4O4S/c1-15(28)24-16-8-9-18-19(12-16)32-22(25-18)26-21(29)13-27-11-10-20(23(2,30)14-27)31-17-6-4-3-5-7-17/h3-9,12,20,30H,10-11,13-14H2,1-2H3,(H,24,28)(H,25,26,29)/t20-,23-/m0/s1. The highest BCUT2D eigenvalue weighted by Crippen LogP contribution is 2.29. The van der Waals surface area contributed by atoms with Gasteiger partial charge in [-0.3, -0.25) is 14.5 Å². The second kappa shape index (κ2) is 9.23. The molecule has 1 fully saturated rings. The van der Waals surface area contributed by atoms with Crippen LogP contribution in [-0.2, 0) is 9.59 Å². The number of para-hydroxylation sites is 1. The Hall–Kier alpha value is -3.01. The monoisotopic (exact) mass is 454 g/mol. The number of anilines is 2. The molecule has 2 aromatic carbocycles. The Morgan fingerprint density at radius 1 is 1.25 bits per heavy atom. The number of piperidine rings is 1. The molecular formula is C23H26N4O4S. The van der Waals surface area contributed by atoms with Gasteiger partial charge in [-0.2, -0.15) is 0 Å². The molecule has 2 heterocycles. The molecule has 9 heteroatoms. The van der Waals surface area contributed by atoms with Crippen LogP contribution in [0.5, 0.6) is 5.75 Å². The molecule has 0 unspecified atom stereocenters. The number of aliphatic hydroxyl groups is 1. The van der Waals surface area contributed by atoms with E-state index in [1.54, 1.807) is 13.0 Å². The first-order valence-corrected chi connectivity index (χ1v) is 11.2. The summed E-state index contributed by atoms with van der Waals surface area (Å²) >= 11 is 1.35. The number of aromatic nitrogens is 1. The second-order valence-electron chi connectivity index (χ2n) is 8.21. The van der Waals surface area contributed by atoms with E-state index in [0.29, 0.717) is 30.3 Å². The maximum atomic E-state index is 12.6. The van der Waals surface area contributed by atoms with Crippen molar-refractivity contribution in [3.8, 4) is 5.75 Å². The molecule has 3 aromatic rings. The Bertz CT molecular complexity index is 1120. The van der Waals surface area contributed by atoms with Crippen LogP contribution >= 0.6 is 11.3 Å². The number of nitrogens with zero attached hydrogens (tertiary/aromatic N) is 2. The fraction of sp³-hybridized carbons (Fsp3) is 0.348. The van der Waals surface area contributed by atoms with Gasteiger partial charge in [0.1, 0.15) is 17.5 Å². The molecule has 0 spiro atoms. The molecule has 4 rings (SSSR count). The molecule has 1 aliphatic rings. The molecule has 8 nitrogen and oxygen atoms in total. The Morgan fingerprint density at radius 3 is 2.75 bits per heavy atom. The van der Waals surface area contributed by atoms with Crippen LogP contribution in [0.1, 0.15) is 20.3 Å². The summed E-state index contributed by atoms with van der Waals surface area (Å²) in [5, 5.41) is 17.0. The van der Waals surface area contributed by atoms with E-state index < -0.39 is 5.60 Å². The maximum Gasteiger partial charge on any atom is 0.240 e. The summed E-state index contributed by atoms with van der Waals surface area (Å²) in [5.74, 6) is 0.391. The number of carbonyl (C=O) groups excluding carboxylic acids is 2. The minimum Gasteiger partial charge on any atom is -0.487 e. The summed E-state index contributed by atoms with van der Waals surface area (Å²) in [5.41, 5.74) is 0.361. The number of likely N-dealkylation sites (tertiary alicyclic amines) is 1. The van der Waals surface area contributed by atoms with E-state index in [1.165, 1.54) is 18.3 Å². The lowest BCUT2D eigenvalue weighted by atomic mass is 9.91. The van der Waals surface area contributed by atoms with Crippen LogP contribution in [0.3, 0.4) is 0 Å². The van der Waals surface area contributed by atoms with Gasteiger partial charge in [0.2, 0.25) is 11.8 Å². The lowest BCUT2D eigenvalue weighted by Crippen LogP contribution is -2.58. The number of benzene rings is 2. The zero-order valence-corrected chi connectivity index (χ0v) is 18.8. The van der Waals surface area contributed by atoms with Crippen LogP contribution < -0.4 is 15.4 Å². The van der Waals surface area contributed by atoms with Crippen molar-refractivity contribution in [1.82, 2.24) is 9.88 Å². The predicted molar refractivity (Wildman–Crippen MR) is 125 cm³/mol. The third-order valence-electron chi connectivity index (χ3n) is 5.29. The lowest BCUT2D eigenvalue weighted by molar-refractivity contribution is -0.123. The smallest absolute Gasteiger partial charge is 0.240 e. The van der Waals surface area contributed by atoms with Crippen LogP contribution in [-0.4, -0.2) is 58.1 Å². The Balaban J connectivity index is 1.34. The molecule has 168 valence electrons. The largest absolute Gasteiger partial charge is 0.487 e. The molecule has 0 saturated carbocycles. The lowest BCUT2D eigenvalue weighted by Gasteiger charge is -2.42. The van der Waals surface area contributed by atoms with Gasteiger partial charge in [0.25, 0.3) is 0 Å². The van der Waals surface area contributed by atoms with Crippen molar-refractivity contribution in [2.24, 2.45) is 0 Å². The van der Waals surface area contributed by atoms with Crippen LogP contribution in [0.25, 0.3) is 10.2 Å². The Labute approximate surface area is 190 Å². The third kappa shape index (κ3) is 5.42. The molecule has 32 heavy (non-hydrogen) atoms. The van der Waals surface area contributed by atoms with Gasteiger partial charge in [-0.25, -0.2) is 4.98 Å². The summed E-state index contributed by atoms with van der Waals surface area (Å²) in [6, 6.07) is 14.9. The number of hydrogen-bond donors (Lipinski definition) is 3. The Morgan fingerprint density at radius 2 is 2.03 bits per heavy atom. The number of thiazole rings is 1. The predicted octanol–water partition coefficient (Wildman–Crippen LogP) is 3.10. The molecule has 2 amide bonds. The van der Waals surface area contributed by atoms with Crippen LogP contribution in [0.4, 0.5) is 10.8 Å². The van der Waals surface area contributed by atoms with E-state index in [2.05, 4.69) is 15.6 Å². The highest BCUT2D eigenvalue weighted by Gasteiger charge is 2.40. The second-order valence-corrected chi connectivity index (χ2v) is 9.24. The molecule has 1 aromatic heterocycles. The third-order valence-corrected chi connectivity index (χ3v) is 6.22. The molecular weight excluding hydrogens is 428 g/mol. The summed E-state index contributed by atoms with van der Waals surface area (Å²) in [6.07, 6.45) is 0.272. The normalized spacial score (nSPS) is 21.3. The number of rotatable bonds is 6. The first-order valence-electron chi connectivity index (χ1n) is 10.4. The van der Waals surface area contributed by atoms with Crippen LogP contribution in [0.2, 0.25) is 0 Å². The van der Waals surface area contributed by atoms with Crippen molar-refractivity contribution in [3.05, 3.63) is 48.5 Å². The average Bonchev–Trinajstić information content (AvgIpc) is 3.11. The highest BCUT2D eigenvalue weighted by molar-refractivity contribution is 7.22. The van der Waals surface area contributed by atoms with Gasteiger partial charge < -0.3 is 20.5 Å². The first-order chi connectivity index (χ1) is 15.3. The van der Waals surface area contributed by atoms with E-state index >= 15 is 0 Å². The number of ether oxygens (including phenoxy) is 1. The van der Waals surface area contributed by atoms with E-state index in [4.69, 9.17) is 4.74 Å². The minimum absolute atomic E-state index is 0.142. The number of β-amino-alcohol motifs (C(OH)–C–C–N with tert-alkyl or cyclic N) is 1. The van der Waals surface area contributed by atoms with E-state index in [9.17, 15) is 14.7 Å². The fourth-order valence-corrected chi connectivity index (χ4v) is 4.77. The average molecular weight is 455 g/mol. The van der Waals surface area contributed by atoms with Gasteiger partial charge in [0.15, 0.2) is 5.13 Å². The number of nitrogens with one attached hydrogen (secondary N) is 2. The van der Waals surface area contributed by atoms with Crippen molar-refractivity contribution in [2.45, 2.75) is 32.0 Å². The van der Waals surface area contributed by atoms with Gasteiger partial charge in [0.05, 0.1) is 16.8 Å². The summed E-state index contributed by atoms with van der Waals surface area (Å²) in [4.78, 5) is 30.2. The molecule has 0 aliphatic carbocycles. The van der Waals surface area contributed by atoms with Gasteiger partial charge in [-0.1, -0.05) is 29.5 Å². The molecule has 3 N–H and O–H groups in total. The summed E-state index contributed by atoms with van der Waals surface area (Å²) < 4.78 is 6.84. The number of hydrogen-bond acceptors (Lipinski definition) is 7. The van der Waals surface area contributed by atoms with E-state index in [0.717, 1.165) is 16.0 Å². The van der Waals surface area contributed by atoms with Crippen molar-refractivity contribution < 1.29 is 19.4 Å². The first kappa shape index (κ1) is 22.2. The fourth-order valence-electron chi connectivity index (χ4n) is 3.85. The van der Waals surface area contributed by atoms with Crippen LogP contribution in [0, 0.1) is 0 Å². The van der Waals surface area contributed by atoms with Crippen molar-refractivity contribution in [1.29, 1.82) is 0 Å². The zero-order chi connectivity index (χ0) is 22.7. The molecule has 1 saturated heterocycles. The number of carbonyl (C=O) groups is 2. The number of fused-ring (bicyclic) bond motifs is 1. The van der Waals surface area contributed by atoms with Crippen molar-refractivity contribution in [3.63, 3.8) is 0 Å². The van der Waals surface area contributed by atoms with Crippen molar-refractivity contribution in [2.75, 3.05) is 30.3 Å². The van der Waals surface area contributed by atoms with E-state index in [1.807, 2.05) is 47.4 Å². The summed E-state index contributed by atoms with van der Waals surface area (Å²) in [7, 11) is 0. The quantitative estimate of drug-likeness (QED) is 0.529. The van der Waals surface area contributed by atoms with Gasteiger partial charge in [-0.05, 0) is 43.7 Å². The molecule has 0 bridgehead atoms. The number of amides is 2. The molecule has 0 radical (unpaired) electrons. The summed E-state index contributed by atoms with van der Waals surface area (Å²) in [6.45, 7) is 4.32. The zero-order valence-electron chi connectivity index (χ0n) is 18.0. The SMILES string of the molecule is CC(=O)Nc1ccc2nc(NC(=O)CN3CC[C@H](Oc4ccccc4)[C@@](C)(O)C3)sc2c1. The highest BCUT2D eigenvalue weighted by atomic mass is 32.1. The van der Waals surface area contributed by atoms with Crippen molar-refractivity contribution >= 4 is 44.2 Å².